The Morgan fingerprint density at radius 3 is 2.05 bits per heavy atom. The number of hydrogen-bond acceptors (Lipinski definition) is 8. The van der Waals surface area contributed by atoms with Crippen LogP contribution < -0.4 is 9.80 Å². The maximum Gasteiger partial charge on any atom is 0.425 e. The third-order valence-electron chi connectivity index (χ3n) is 6.18. The van der Waals surface area contributed by atoms with Crippen LogP contribution in [0.3, 0.4) is 0 Å². The highest BCUT2D eigenvalue weighted by Gasteiger charge is 2.39. The van der Waals surface area contributed by atoms with Crippen molar-refractivity contribution in [1.82, 2.24) is 4.98 Å². The van der Waals surface area contributed by atoms with Crippen LogP contribution in [0, 0.1) is 5.95 Å². The molecule has 11 heteroatoms. The van der Waals surface area contributed by atoms with Gasteiger partial charge in [-0.3, -0.25) is 0 Å². The van der Waals surface area contributed by atoms with E-state index in [1.807, 2.05) is 4.90 Å². The van der Waals surface area contributed by atoms with Crippen LogP contribution in [0.2, 0.25) is 18.1 Å². The number of morpholine rings is 1. The lowest BCUT2D eigenvalue weighted by Crippen LogP contribution is -2.52. The van der Waals surface area contributed by atoms with E-state index in [1.165, 1.54) is 12.1 Å². The largest absolute Gasteiger partial charge is 0.443 e. The van der Waals surface area contributed by atoms with Gasteiger partial charge in [-0.15, -0.1) is 0 Å². The summed E-state index contributed by atoms with van der Waals surface area (Å²) in [5, 5.41) is 0.0363. The van der Waals surface area contributed by atoms with Gasteiger partial charge >= 0.3 is 12.2 Å². The van der Waals surface area contributed by atoms with Gasteiger partial charge in [0.15, 0.2) is 14.1 Å². The van der Waals surface area contributed by atoms with E-state index in [0.717, 1.165) is 0 Å². The van der Waals surface area contributed by atoms with Gasteiger partial charge in [-0.05, 0) is 71.8 Å². The van der Waals surface area contributed by atoms with E-state index in [0.29, 0.717) is 31.3 Å². The third kappa shape index (κ3) is 8.64. The first-order valence-electron chi connectivity index (χ1n) is 12.6. The molecule has 2 amide bonds. The molecule has 1 aliphatic heterocycles. The van der Waals surface area contributed by atoms with Gasteiger partial charge in [-0.2, -0.15) is 14.3 Å². The summed E-state index contributed by atoms with van der Waals surface area (Å²) in [6.45, 7) is 22.5. The summed E-state index contributed by atoms with van der Waals surface area (Å²) in [5.41, 5.74) is -1.54. The Balaban J connectivity index is 2.36. The van der Waals surface area contributed by atoms with E-state index in [9.17, 15) is 9.59 Å². The van der Waals surface area contributed by atoms with Gasteiger partial charge in [0.05, 0.1) is 31.5 Å². The number of ether oxygens (including phenoxy) is 3. The summed E-state index contributed by atoms with van der Waals surface area (Å²) in [6, 6.07) is 2.70. The number of halogens is 1. The number of aromatic nitrogens is 1. The smallest absolute Gasteiger partial charge is 0.425 e. The average molecular weight is 542 g/mol. The zero-order valence-corrected chi connectivity index (χ0v) is 25.2. The van der Waals surface area contributed by atoms with E-state index < -0.39 is 37.7 Å². The molecule has 0 aromatic carbocycles. The predicted molar refractivity (Wildman–Crippen MR) is 144 cm³/mol. The van der Waals surface area contributed by atoms with Crippen LogP contribution in [0.5, 0.6) is 0 Å². The quantitative estimate of drug-likeness (QED) is 0.325. The van der Waals surface area contributed by atoms with Crippen molar-refractivity contribution >= 4 is 32.0 Å². The normalized spacial score (nSPS) is 17.4. The Kier molecular flexibility index (Phi) is 9.41. The minimum Gasteiger partial charge on any atom is -0.443 e. The number of anilines is 2. The minimum atomic E-state index is -2.02. The molecular weight excluding hydrogens is 497 g/mol. The lowest BCUT2D eigenvalue weighted by Gasteiger charge is -2.41. The molecule has 1 aromatic rings. The number of amides is 2. The SMILES string of the molecule is CC(C)(C)OC(=O)N(C(=O)OC(C)(C)C)c1ccc(N2CCOC[C@@H]2CO[Si](C)(C)C(C)(C)C)c(F)n1. The molecule has 9 nitrogen and oxygen atoms in total. The fourth-order valence-corrected chi connectivity index (χ4v) is 4.31. The van der Waals surface area contributed by atoms with Crippen LogP contribution in [0.15, 0.2) is 12.1 Å². The first kappa shape index (κ1) is 31.0. The monoisotopic (exact) mass is 541 g/mol. The van der Waals surface area contributed by atoms with E-state index >= 15 is 4.39 Å². The van der Waals surface area contributed by atoms with Gasteiger partial charge in [0.2, 0.25) is 5.95 Å². The van der Waals surface area contributed by atoms with E-state index in [4.69, 9.17) is 18.6 Å². The summed E-state index contributed by atoms with van der Waals surface area (Å²) < 4.78 is 38.3. The van der Waals surface area contributed by atoms with Gasteiger partial charge in [-0.1, -0.05) is 20.8 Å². The number of carbonyl (C=O) groups excluding carboxylic acids is 2. The molecule has 0 unspecified atom stereocenters. The highest BCUT2D eigenvalue weighted by atomic mass is 28.4. The topological polar surface area (TPSA) is 90.4 Å². The van der Waals surface area contributed by atoms with Crippen LogP contribution in [0.1, 0.15) is 62.3 Å². The molecule has 0 aliphatic carbocycles. The molecule has 0 radical (unpaired) electrons. The summed E-state index contributed by atoms with van der Waals surface area (Å²) in [7, 11) is -2.02. The second-order valence-electron chi connectivity index (χ2n) is 12.8. The van der Waals surface area contributed by atoms with E-state index in [-0.39, 0.29) is 22.6 Å². The van der Waals surface area contributed by atoms with Gasteiger partial charge in [0, 0.05) is 6.54 Å². The molecule has 1 aromatic heterocycles. The summed E-state index contributed by atoms with van der Waals surface area (Å²) >= 11 is 0. The van der Waals surface area contributed by atoms with Crippen molar-refractivity contribution in [3.63, 3.8) is 0 Å². The number of imide groups is 1. The zero-order chi connectivity index (χ0) is 28.4. The standard InChI is InChI=1S/C26H44FN3O6Si/c1-24(2,3)35-22(31)30(23(32)36-25(4,5)6)20-13-12-19(21(27)28-20)29-14-15-33-16-18(29)17-34-37(10,11)26(7,8)9/h12-13,18H,14-17H2,1-11H3/t18-/m1/s1. The number of rotatable bonds is 5. The second kappa shape index (κ2) is 11.2. The molecule has 0 N–H and O–H groups in total. The lowest BCUT2D eigenvalue weighted by molar-refractivity contribution is 0.0429. The molecule has 1 fully saturated rings. The summed E-state index contributed by atoms with van der Waals surface area (Å²) in [4.78, 5) is 32.3. The lowest BCUT2D eigenvalue weighted by atomic mass is 10.2. The number of carbonyl (C=O) groups is 2. The second-order valence-corrected chi connectivity index (χ2v) is 17.6. The molecular formula is C26H44FN3O6Si. The highest BCUT2D eigenvalue weighted by molar-refractivity contribution is 6.74. The molecule has 1 saturated heterocycles. The molecule has 2 rings (SSSR count). The Morgan fingerprint density at radius 2 is 1.59 bits per heavy atom. The van der Waals surface area contributed by atoms with Crippen LogP contribution in [-0.4, -0.2) is 69.1 Å². The fraction of sp³-hybridized carbons (Fsp3) is 0.731. The van der Waals surface area contributed by atoms with Crippen molar-refractivity contribution in [3.8, 4) is 0 Å². The highest BCUT2D eigenvalue weighted by Crippen LogP contribution is 2.37. The molecule has 1 atom stereocenters. The number of pyridine rings is 1. The van der Waals surface area contributed by atoms with E-state index in [1.54, 1.807) is 41.5 Å². The van der Waals surface area contributed by atoms with Crippen LogP contribution in [0.4, 0.5) is 25.5 Å². The van der Waals surface area contributed by atoms with Crippen LogP contribution >= 0.6 is 0 Å². The van der Waals surface area contributed by atoms with Gasteiger partial charge in [0.1, 0.15) is 11.2 Å². The maximum atomic E-state index is 15.5. The zero-order valence-electron chi connectivity index (χ0n) is 24.2. The first-order chi connectivity index (χ1) is 16.7. The summed E-state index contributed by atoms with van der Waals surface area (Å²) in [5.74, 6) is -1.05. The van der Waals surface area contributed by atoms with Crippen molar-refractivity contribution in [3.05, 3.63) is 18.1 Å². The Morgan fingerprint density at radius 1 is 1.05 bits per heavy atom. The minimum absolute atomic E-state index is 0.0363. The maximum absolute atomic E-state index is 15.5. The molecule has 210 valence electrons. The Bertz CT molecular complexity index is 941. The molecule has 0 bridgehead atoms. The Hall–Kier alpha value is -2.24. The van der Waals surface area contributed by atoms with E-state index in [2.05, 4.69) is 38.8 Å². The van der Waals surface area contributed by atoms with Crippen molar-refractivity contribution in [2.45, 2.75) is 97.7 Å². The molecule has 0 spiro atoms. The van der Waals surface area contributed by atoms with Crippen molar-refractivity contribution in [1.29, 1.82) is 0 Å². The summed E-state index contributed by atoms with van der Waals surface area (Å²) in [6.07, 6.45) is -2.01. The predicted octanol–water partition coefficient (Wildman–Crippen LogP) is 6.12. The Labute approximate surface area is 221 Å². The molecule has 2 heterocycles. The van der Waals surface area contributed by atoms with Gasteiger partial charge < -0.3 is 23.5 Å². The fourth-order valence-electron chi connectivity index (χ4n) is 3.26. The van der Waals surface area contributed by atoms with Crippen molar-refractivity contribution in [2.75, 3.05) is 36.2 Å². The average Bonchev–Trinajstić information content (AvgIpc) is 2.69. The number of nitrogens with zero attached hydrogens (tertiary/aromatic N) is 3. The molecule has 37 heavy (non-hydrogen) atoms. The third-order valence-corrected chi connectivity index (χ3v) is 10.7. The van der Waals surface area contributed by atoms with Gasteiger partial charge in [0.25, 0.3) is 0 Å². The van der Waals surface area contributed by atoms with Crippen LogP contribution in [-0.2, 0) is 18.6 Å². The van der Waals surface area contributed by atoms with Crippen molar-refractivity contribution in [2.24, 2.45) is 0 Å². The molecule has 1 aliphatic rings. The first-order valence-corrected chi connectivity index (χ1v) is 15.5. The van der Waals surface area contributed by atoms with Gasteiger partial charge in [-0.25, -0.2) is 9.59 Å². The van der Waals surface area contributed by atoms with Crippen LogP contribution in [0.25, 0.3) is 0 Å². The number of hydrogen-bond donors (Lipinski definition) is 0. The van der Waals surface area contributed by atoms with Crippen molar-refractivity contribution < 1.29 is 32.6 Å². The molecule has 0 saturated carbocycles.